The summed E-state index contributed by atoms with van der Waals surface area (Å²) in [6, 6.07) is 3.35. The van der Waals surface area contributed by atoms with Crippen molar-refractivity contribution in [3.63, 3.8) is 0 Å². The summed E-state index contributed by atoms with van der Waals surface area (Å²) < 4.78 is 10.7. The first-order valence-corrected chi connectivity index (χ1v) is 7.22. The lowest BCUT2D eigenvalue weighted by molar-refractivity contribution is -0.139. The zero-order valence-electron chi connectivity index (χ0n) is 11.2. The van der Waals surface area contributed by atoms with Crippen LogP contribution in [0.15, 0.2) is 50.7 Å². The number of hydrogen-bond donors (Lipinski definition) is 0. The van der Waals surface area contributed by atoms with E-state index in [2.05, 4.69) is 4.99 Å². The molecule has 0 radical (unpaired) electrons. The quantitative estimate of drug-likeness (QED) is 0.801. The highest BCUT2D eigenvalue weighted by Gasteiger charge is 2.38. The molecule has 20 heavy (non-hydrogen) atoms. The SMILES string of the molecule is CCOC(=O)C1=C(C)N=C2SC=CN2C1c1ccco1. The molecule has 0 bridgehead atoms. The van der Waals surface area contributed by atoms with Gasteiger partial charge in [0.25, 0.3) is 0 Å². The van der Waals surface area contributed by atoms with Crippen molar-refractivity contribution in [2.24, 2.45) is 4.99 Å². The van der Waals surface area contributed by atoms with Crippen molar-refractivity contribution < 1.29 is 13.9 Å². The molecule has 2 aliphatic heterocycles. The van der Waals surface area contributed by atoms with Crippen LogP contribution in [0.3, 0.4) is 0 Å². The standard InChI is InChI=1S/C14H14N2O3S/c1-3-18-13(17)11-9(2)15-14-16(6-8-20-14)12(11)10-5-4-7-19-10/h4-8,12H,3H2,1-2H3. The van der Waals surface area contributed by atoms with Gasteiger partial charge in [0.2, 0.25) is 0 Å². The van der Waals surface area contributed by atoms with E-state index >= 15 is 0 Å². The molecule has 2 aliphatic rings. The fourth-order valence-corrected chi connectivity index (χ4v) is 3.09. The maximum atomic E-state index is 12.3. The summed E-state index contributed by atoms with van der Waals surface area (Å²) >= 11 is 1.53. The molecule has 1 aromatic heterocycles. The molecule has 5 nitrogen and oxygen atoms in total. The fraction of sp³-hybridized carbons (Fsp3) is 0.286. The maximum absolute atomic E-state index is 12.3. The lowest BCUT2D eigenvalue weighted by Gasteiger charge is -2.31. The van der Waals surface area contributed by atoms with Crippen molar-refractivity contribution in [1.82, 2.24) is 4.90 Å². The van der Waals surface area contributed by atoms with E-state index in [1.165, 1.54) is 11.8 Å². The molecule has 0 saturated heterocycles. The van der Waals surface area contributed by atoms with Gasteiger partial charge in [-0.3, -0.25) is 0 Å². The van der Waals surface area contributed by atoms with Crippen LogP contribution in [0.25, 0.3) is 0 Å². The summed E-state index contributed by atoms with van der Waals surface area (Å²) in [5, 5.41) is 2.79. The van der Waals surface area contributed by atoms with Crippen LogP contribution in [-0.4, -0.2) is 22.6 Å². The molecule has 0 aliphatic carbocycles. The Kier molecular flexibility index (Phi) is 3.40. The van der Waals surface area contributed by atoms with E-state index in [0.717, 1.165) is 5.17 Å². The smallest absolute Gasteiger partial charge is 0.338 e. The van der Waals surface area contributed by atoms with Crippen LogP contribution in [0.2, 0.25) is 0 Å². The summed E-state index contributed by atoms with van der Waals surface area (Å²) in [4.78, 5) is 18.7. The Morgan fingerprint density at radius 1 is 1.60 bits per heavy atom. The highest BCUT2D eigenvalue weighted by atomic mass is 32.2. The zero-order valence-corrected chi connectivity index (χ0v) is 12.0. The number of thioether (sulfide) groups is 1. The number of furan rings is 1. The van der Waals surface area contributed by atoms with Gasteiger partial charge in [-0.05, 0) is 31.4 Å². The van der Waals surface area contributed by atoms with Gasteiger partial charge in [0, 0.05) is 6.20 Å². The van der Waals surface area contributed by atoms with Crippen molar-refractivity contribution in [2.45, 2.75) is 19.9 Å². The molecule has 0 aromatic carbocycles. The van der Waals surface area contributed by atoms with Gasteiger partial charge in [-0.1, -0.05) is 11.8 Å². The first kappa shape index (κ1) is 13.1. The number of hydrogen-bond acceptors (Lipinski definition) is 6. The molecule has 1 atom stereocenters. The Bertz CT molecular complexity index is 616. The molecular weight excluding hydrogens is 276 g/mol. The van der Waals surface area contributed by atoms with Crippen LogP contribution in [0.1, 0.15) is 25.6 Å². The monoisotopic (exact) mass is 290 g/mol. The number of rotatable bonds is 3. The number of carbonyl (C=O) groups is 1. The Hall–Kier alpha value is -1.95. The van der Waals surface area contributed by atoms with Crippen molar-refractivity contribution in [1.29, 1.82) is 0 Å². The highest BCUT2D eigenvalue weighted by Crippen LogP contribution is 2.40. The predicted molar refractivity (Wildman–Crippen MR) is 76.8 cm³/mol. The van der Waals surface area contributed by atoms with Crippen molar-refractivity contribution in [3.05, 3.63) is 47.0 Å². The predicted octanol–water partition coefficient (Wildman–Crippen LogP) is 3.05. The van der Waals surface area contributed by atoms with Gasteiger partial charge >= 0.3 is 5.97 Å². The van der Waals surface area contributed by atoms with Crippen molar-refractivity contribution in [2.75, 3.05) is 6.61 Å². The molecule has 0 spiro atoms. The van der Waals surface area contributed by atoms with E-state index in [0.29, 0.717) is 23.6 Å². The summed E-state index contributed by atoms with van der Waals surface area (Å²) in [5.74, 6) is 0.353. The third-order valence-corrected chi connectivity index (χ3v) is 3.90. The Labute approximate surface area is 121 Å². The first-order valence-electron chi connectivity index (χ1n) is 6.34. The first-order chi connectivity index (χ1) is 9.72. The van der Waals surface area contributed by atoms with Gasteiger partial charge in [-0.25, -0.2) is 9.79 Å². The Morgan fingerprint density at radius 2 is 2.45 bits per heavy atom. The van der Waals surface area contributed by atoms with Crippen LogP contribution in [0, 0.1) is 0 Å². The third-order valence-electron chi connectivity index (χ3n) is 3.13. The zero-order chi connectivity index (χ0) is 14.1. The Morgan fingerprint density at radius 3 is 3.15 bits per heavy atom. The lowest BCUT2D eigenvalue weighted by Crippen LogP contribution is -2.33. The number of allylic oxidation sites excluding steroid dienone is 1. The lowest BCUT2D eigenvalue weighted by atomic mass is 10.0. The summed E-state index contributed by atoms with van der Waals surface area (Å²) in [5.41, 5.74) is 1.20. The van der Waals surface area contributed by atoms with E-state index in [4.69, 9.17) is 9.15 Å². The molecule has 0 saturated carbocycles. The van der Waals surface area contributed by atoms with Crippen LogP contribution in [-0.2, 0) is 9.53 Å². The number of fused-ring (bicyclic) bond motifs is 1. The molecule has 0 fully saturated rings. The molecule has 3 heterocycles. The van der Waals surface area contributed by atoms with E-state index < -0.39 is 0 Å². The average molecular weight is 290 g/mol. The normalized spacial score (nSPS) is 21.0. The highest BCUT2D eigenvalue weighted by molar-refractivity contribution is 8.16. The van der Waals surface area contributed by atoms with Gasteiger partial charge in [0.1, 0.15) is 11.8 Å². The summed E-state index contributed by atoms with van der Waals surface area (Å²) in [7, 11) is 0. The molecular formula is C14H14N2O3S. The Balaban J connectivity index is 2.08. The maximum Gasteiger partial charge on any atom is 0.338 e. The van der Waals surface area contributed by atoms with Crippen LogP contribution < -0.4 is 0 Å². The third kappa shape index (κ3) is 2.06. The van der Waals surface area contributed by atoms with E-state index in [1.807, 2.05) is 35.6 Å². The number of esters is 1. The number of ether oxygens (including phenoxy) is 1. The van der Waals surface area contributed by atoms with E-state index in [9.17, 15) is 4.79 Å². The molecule has 3 rings (SSSR count). The van der Waals surface area contributed by atoms with Gasteiger partial charge in [0.05, 0.1) is 24.1 Å². The largest absolute Gasteiger partial charge is 0.467 e. The van der Waals surface area contributed by atoms with Crippen LogP contribution in [0.5, 0.6) is 0 Å². The van der Waals surface area contributed by atoms with Gasteiger partial charge in [-0.2, -0.15) is 0 Å². The van der Waals surface area contributed by atoms with E-state index in [1.54, 1.807) is 13.2 Å². The van der Waals surface area contributed by atoms with Crippen molar-refractivity contribution >= 4 is 22.9 Å². The second-order valence-electron chi connectivity index (χ2n) is 4.34. The molecule has 1 unspecified atom stereocenters. The molecule has 6 heteroatoms. The van der Waals surface area contributed by atoms with Gasteiger partial charge in [0.15, 0.2) is 5.17 Å². The van der Waals surface area contributed by atoms with Gasteiger partial charge in [-0.15, -0.1) is 0 Å². The molecule has 104 valence electrons. The second kappa shape index (κ2) is 5.20. The molecule has 0 N–H and O–H groups in total. The van der Waals surface area contributed by atoms with Crippen LogP contribution >= 0.6 is 11.8 Å². The number of aliphatic imine (C=N–C) groups is 1. The summed E-state index contributed by atoms with van der Waals surface area (Å²) in [6.45, 7) is 3.95. The summed E-state index contributed by atoms with van der Waals surface area (Å²) in [6.07, 6.45) is 3.51. The van der Waals surface area contributed by atoms with Gasteiger partial charge < -0.3 is 14.1 Å². The fourth-order valence-electron chi connectivity index (χ4n) is 2.30. The van der Waals surface area contributed by atoms with Crippen molar-refractivity contribution in [3.8, 4) is 0 Å². The second-order valence-corrected chi connectivity index (χ2v) is 5.22. The van der Waals surface area contributed by atoms with E-state index in [-0.39, 0.29) is 12.0 Å². The average Bonchev–Trinajstić information content (AvgIpc) is 3.07. The molecule has 0 amide bonds. The minimum atomic E-state index is -0.348. The van der Waals surface area contributed by atoms with Crippen LogP contribution in [0.4, 0.5) is 0 Å². The minimum Gasteiger partial charge on any atom is -0.467 e. The number of amidine groups is 1. The number of carbonyl (C=O) groups excluding carboxylic acids is 1. The minimum absolute atomic E-state index is 0.317. The number of nitrogens with zero attached hydrogens (tertiary/aromatic N) is 2. The topological polar surface area (TPSA) is 55.0 Å². The molecule has 1 aromatic rings.